The number of fused-ring (bicyclic) bond motifs is 1. The van der Waals surface area contributed by atoms with Gasteiger partial charge in [0.05, 0.1) is 18.8 Å². The average Bonchev–Trinajstić information content (AvgIpc) is 3.03. The van der Waals surface area contributed by atoms with Gasteiger partial charge in [0, 0.05) is 40.9 Å². The molecule has 0 saturated heterocycles. The standard InChI is InChI=1S/C16H16F2N4O3S2.Na/c1-16(6-23,7-24)22-13-11-12(21-15(25)27-11)19-14(20-13)26-5-8-3-2-4-9(17)10(8)18;/h2-4,23-24H,5-7H2,1H3,(H2,19,20,21,22,25);. The second-order valence-corrected chi connectivity index (χ2v) is 7.98. The molecule has 0 unspecified atom stereocenters. The van der Waals surface area contributed by atoms with Crippen molar-refractivity contribution >= 4 is 68.8 Å². The number of aliphatic hydroxyl groups excluding tert-OH is 2. The zero-order valence-corrected chi connectivity index (χ0v) is 18.8. The van der Waals surface area contributed by atoms with E-state index < -0.39 is 17.2 Å². The topological polar surface area (TPSA) is 111 Å². The SMILES string of the molecule is CC(CO)(CO)Nc1nc(SCc2cccc(F)c2F)nc2[nH]c(=O)sc12.[Na]. The van der Waals surface area contributed by atoms with Crippen molar-refractivity contribution in [1.29, 1.82) is 0 Å². The van der Waals surface area contributed by atoms with E-state index in [4.69, 9.17) is 0 Å². The number of nitrogens with zero attached hydrogens (tertiary/aromatic N) is 2. The molecule has 0 spiro atoms. The molecule has 145 valence electrons. The molecule has 12 heteroatoms. The Morgan fingerprint density at radius 1 is 1.29 bits per heavy atom. The fourth-order valence-electron chi connectivity index (χ4n) is 2.19. The van der Waals surface area contributed by atoms with Crippen LogP contribution in [-0.4, -0.2) is 73.5 Å². The number of rotatable bonds is 7. The van der Waals surface area contributed by atoms with E-state index in [-0.39, 0.29) is 75.6 Å². The van der Waals surface area contributed by atoms with Gasteiger partial charge < -0.3 is 15.5 Å². The zero-order chi connectivity index (χ0) is 19.6. The van der Waals surface area contributed by atoms with Crippen molar-refractivity contribution in [2.45, 2.75) is 23.4 Å². The number of halogens is 2. The van der Waals surface area contributed by atoms with Gasteiger partial charge in [0.25, 0.3) is 0 Å². The van der Waals surface area contributed by atoms with E-state index in [2.05, 4.69) is 20.3 Å². The molecule has 0 atom stereocenters. The second kappa shape index (κ2) is 9.61. The van der Waals surface area contributed by atoms with Gasteiger partial charge in [-0.15, -0.1) is 0 Å². The summed E-state index contributed by atoms with van der Waals surface area (Å²) in [6.07, 6.45) is 0. The number of anilines is 1. The Bertz CT molecular complexity index is 1030. The summed E-state index contributed by atoms with van der Waals surface area (Å²) in [4.78, 5) is 22.5. The van der Waals surface area contributed by atoms with Gasteiger partial charge in [-0.25, -0.2) is 18.7 Å². The van der Waals surface area contributed by atoms with E-state index in [0.29, 0.717) is 4.70 Å². The summed E-state index contributed by atoms with van der Waals surface area (Å²) in [5.41, 5.74) is -0.624. The fraction of sp³-hybridized carbons (Fsp3) is 0.312. The summed E-state index contributed by atoms with van der Waals surface area (Å²) >= 11 is 1.95. The predicted molar refractivity (Wildman–Crippen MR) is 106 cm³/mol. The minimum Gasteiger partial charge on any atom is -0.394 e. The Kier molecular flexibility index (Phi) is 7.97. The van der Waals surface area contributed by atoms with Gasteiger partial charge in [-0.05, 0) is 13.0 Å². The first kappa shape index (κ1) is 23.2. The quantitative estimate of drug-likeness (QED) is 0.253. The van der Waals surface area contributed by atoms with Gasteiger partial charge in [0.15, 0.2) is 28.3 Å². The van der Waals surface area contributed by atoms with Crippen LogP contribution in [0.3, 0.4) is 0 Å². The molecule has 0 aliphatic carbocycles. The van der Waals surface area contributed by atoms with Crippen LogP contribution in [0, 0.1) is 11.6 Å². The van der Waals surface area contributed by atoms with Crippen molar-refractivity contribution in [1.82, 2.24) is 15.0 Å². The predicted octanol–water partition coefficient (Wildman–Crippen LogP) is 1.72. The summed E-state index contributed by atoms with van der Waals surface area (Å²) in [5.74, 6) is -1.52. The fourth-order valence-corrected chi connectivity index (χ4v) is 3.73. The molecule has 0 saturated carbocycles. The Morgan fingerprint density at radius 2 is 2.00 bits per heavy atom. The normalized spacial score (nSPS) is 11.5. The van der Waals surface area contributed by atoms with Crippen LogP contribution >= 0.6 is 23.1 Å². The number of benzene rings is 1. The molecule has 3 rings (SSSR count). The molecule has 0 bridgehead atoms. The van der Waals surface area contributed by atoms with Gasteiger partial charge in [-0.2, -0.15) is 0 Å². The maximum atomic E-state index is 13.8. The van der Waals surface area contributed by atoms with Gasteiger partial charge in [-0.3, -0.25) is 9.78 Å². The molecular formula is C16H16F2N4NaO3S2. The van der Waals surface area contributed by atoms with E-state index in [9.17, 15) is 23.8 Å². The van der Waals surface area contributed by atoms with Crippen LogP contribution in [0.1, 0.15) is 12.5 Å². The van der Waals surface area contributed by atoms with Crippen molar-refractivity contribution in [2.75, 3.05) is 18.5 Å². The molecular weight excluding hydrogens is 421 g/mol. The van der Waals surface area contributed by atoms with E-state index in [1.54, 1.807) is 6.92 Å². The Hall–Kier alpha value is -1.08. The molecule has 3 aromatic rings. The molecule has 7 nitrogen and oxygen atoms in total. The third-order valence-electron chi connectivity index (χ3n) is 3.77. The summed E-state index contributed by atoms with van der Waals surface area (Å²) in [6, 6.07) is 3.91. The average molecular weight is 437 g/mol. The molecule has 0 aliphatic heterocycles. The number of hydrogen-bond acceptors (Lipinski definition) is 8. The smallest absolute Gasteiger partial charge is 0.306 e. The van der Waals surface area contributed by atoms with Crippen molar-refractivity contribution in [3.05, 3.63) is 45.1 Å². The largest absolute Gasteiger partial charge is 0.394 e. The summed E-state index contributed by atoms with van der Waals surface area (Å²) in [6.45, 7) is 0.849. The van der Waals surface area contributed by atoms with Gasteiger partial charge in [-0.1, -0.05) is 35.2 Å². The number of aromatic amines is 1. The minimum atomic E-state index is -1.06. The Balaban J connectivity index is 0.00000280. The molecule has 4 N–H and O–H groups in total. The van der Waals surface area contributed by atoms with Gasteiger partial charge in [0.2, 0.25) is 0 Å². The van der Waals surface area contributed by atoms with E-state index >= 15 is 0 Å². The minimum absolute atomic E-state index is 0. The Morgan fingerprint density at radius 3 is 2.68 bits per heavy atom. The van der Waals surface area contributed by atoms with Crippen molar-refractivity contribution in [2.24, 2.45) is 0 Å². The van der Waals surface area contributed by atoms with Crippen LogP contribution in [0.25, 0.3) is 10.3 Å². The number of thioether (sulfide) groups is 1. The molecule has 28 heavy (non-hydrogen) atoms. The maximum absolute atomic E-state index is 13.8. The van der Waals surface area contributed by atoms with Crippen molar-refractivity contribution in [3.63, 3.8) is 0 Å². The first-order chi connectivity index (χ1) is 12.8. The zero-order valence-electron chi connectivity index (χ0n) is 15.1. The monoisotopic (exact) mass is 437 g/mol. The number of nitrogens with one attached hydrogen (secondary N) is 2. The molecule has 2 heterocycles. The summed E-state index contributed by atoms with van der Waals surface area (Å²) in [5, 5.41) is 22.1. The molecule has 1 radical (unpaired) electrons. The maximum Gasteiger partial charge on any atom is 0.306 e. The summed E-state index contributed by atoms with van der Waals surface area (Å²) < 4.78 is 27.6. The van der Waals surface area contributed by atoms with Crippen LogP contribution in [0.15, 0.2) is 28.2 Å². The third-order valence-corrected chi connectivity index (χ3v) is 5.54. The van der Waals surface area contributed by atoms with E-state index in [1.165, 1.54) is 12.1 Å². The van der Waals surface area contributed by atoms with Crippen LogP contribution in [0.2, 0.25) is 0 Å². The van der Waals surface area contributed by atoms with Gasteiger partial charge >= 0.3 is 4.87 Å². The van der Waals surface area contributed by atoms with Crippen molar-refractivity contribution < 1.29 is 19.0 Å². The molecule has 1 aromatic carbocycles. The first-order valence-corrected chi connectivity index (χ1v) is 9.62. The van der Waals surface area contributed by atoms with E-state index in [0.717, 1.165) is 29.2 Å². The van der Waals surface area contributed by atoms with Crippen molar-refractivity contribution in [3.8, 4) is 0 Å². The number of aromatic nitrogens is 3. The Labute approximate surface area is 188 Å². The third kappa shape index (κ3) is 5.09. The van der Waals surface area contributed by atoms with Crippen LogP contribution in [0.4, 0.5) is 14.6 Å². The number of hydrogen-bond donors (Lipinski definition) is 4. The molecule has 0 amide bonds. The van der Waals surface area contributed by atoms with E-state index in [1.807, 2.05) is 0 Å². The number of H-pyrrole nitrogens is 1. The van der Waals surface area contributed by atoms with Crippen LogP contribution in [0.5, 0.6) is 0 Å². The summed E-state index contributed by atoms with van der Waals surface area (Å²) in [7, 11) is 0. The van der Waals surface area contributed by atoms with Crippen LogP contribution < -0.4 is 10.2 Å². The first-order valence-electron chi connectivity index (χ1n) is 7.81. The molecule has 2 aromatic heterocycles. The number of thiazole rings is 1. The number of aliphatic hydroxyl groups is 2. The molecule has 0 aliphatic rings. The van der Waals surface area contributed by atoms with Crippen LogP contribution in [-0.2, 0) is 5.75 Å². The van der Waals surface area contributed by atoms with Gasteiger partial charge in [0.1, 0.15) is 4.70 Å². The molecule has 0 fully saturated rings. The second-order valence-electron chi connectivity index (χ2n) is 6.05.